The van der Waals surface area contributed by atoms with E-state index in [-0.39, 0.29) is 23.5 Å². The fourth-order valence-electron chi connectivity index (χ4n) is 3.07. The molecule has 3 rings (SSSR count). The summed E-state index contributed by atoms with van der Waals surface area (Å²) in [6, 6.07) is 4.97. The number of hydrogen-bond acceptors (Lipinski definition) is 5. The highest BCUT2D eigenvalue weighted by atomic mass is 32.2. The minimum absolute atomic E-state index is 0.0293. The first-order valence-corrected chi connectivity index (χ1v) is 9.10. The zero-order valence-electron chi connectivity index (χ0n) is 13.1. The van der Waals surface area contributed by atoms with Gasteiger partial charge in [-0.05, 0) is 30.2 Å². The number of fused-ring (bicyclic) bond motifs is 1. The Hall–Kier alpha value is -1.48. The number of carbonyl (C=O) groups excluding carboxylic acids is 1. The van der Waals surface area contributed by atoms with Gasteiger partial charge in [-0.25, -0.2) is 8.42 Å². The summed E-state index contributed by atoms with van der Waals surface area (Å²) in [5.41, 5.74) is 7.28. The molecule has 2 heterocycles. The van der Waals surface area contributed by atoms with Crippen molar-refractivity contribution < 1.29 is 17.9 Å². The number of nitrogens with two attached hydrogens (primary N) is 1. The van der Waals surface area contributed by atoms with Gasteiger partial charge in [-0.2, -0.15) is 4.31 Å². The van der Waals surface area contributed by atoms with E-state index < -0.39 is 10.0 Å². The number of rotatable bonds is 3. The molecule has 0 bridgehead atoms. The third-order valence-corrected chi connectivity index (χ3v) is 6.19. The van der Waals surface area contributed by atoms with Gasteiger partial charge in [-0.3, -0.25) is 4.79 Å². The minimum atomic E-state index is -3.57. The number of anilines is 1. The third kappa shape index (κ3) is 2.99. The van der Waals surface area contributed by atoms with Gasteiger partial charge in [0.05, 0.1) is 17.6 Å². The van der Waals surface area contributed by atoms with Gasteiger partial charge >= 0.3 is 0 Å². The maximum atomic E-state index is 12.8. The number of nitrogens with zero attached hydrogens (tertiary/aromatic N) is 2. The standard InChI is InChI=1S/C15H21N3O4S/c1-11(19)18-5-4-12-8-14(2-3-15(12)18)23(20,21)17-6-7-22-13(9-16)10-17/h2-3,8,13H,4-7,9-10,16H2,1H3. The average Bonchev–Trinajstić information content (AvgIpc) is 2.98. The lowest BCUT2D eigenvalue weighted by Gasteiger charge is -2.31. The number of hydrogen-bond donors (Lipinski definition) is 1. The van der Waals surface area contributed by atoms with Gasteiger partial charge in [0.15, 0.2) is 0 Å². The van der Waals surface area contributed by atoms with Crippen molar-refractivity contribution in [1.29, 1.82) is 0 Å². The SMILES string of the molecule is CC(=O)N1CCc2cc(S(=O)(=O)N3CCOC(CN)C3)ccc21. The minimum Gasteiger partial charge on any atom is -0.374 e. The maximum absolute atomic E-state index is 12.8. The van der Waals surface area contributed by atoms with Crippen molar-refractivity contribution in [3.63, 3.8) is 0 Å². The van der Waals surface area contributed by atoms with Crippen LogP contribution in [0, 0.1) is 0 Å². The van der Waals surface area contributed by atoms with Crippen LogP contribution in [0.15, 0.2) is 23.1 Å². The van der Waals surface area contributed by atoms with Crippen LogP contribution >= 0.6 is 0 Å². The van der Waals surface area contributed by atoms with Crippen LogP contribution in [0.1, 0.15) is 12.5 Å². The lowest BCUT2D eigenvalue weighted by molar-refractivity contribution is -0.116. The van der Waals surface area contributed by atoms with Crippen molar-refractivity contribution in [2.45, 2.75) is 24.3 Å². The van der Waals surface area contributed by atoms with E-state index in [0.29, 0.717) is 32.7 Å². The highest BCUT2D eigenvalue weighted by Gasteiger charge is 2.32. The third-order valence-electron chi connectivity index (χ3n) is 4.33. The summed E-state index contributed by atoms with van der Waals surface area (Å²) in [5, 5.41) is 0. The molecule has 1 fully saturated rings. The Morgan fingerprint density at radius 2 is 2.17 bits per heavy atom. The second-order valence-corrected chi connectivity index (χ2v) is 7.74. The summed E-state index contributed by atoms with van der Waals surface area (Å²) in [6.07, 6.45) is 0.411. The zero-order chi connectivity index (χ0) is 16.6. The first-order chi connectivity index (χ1) is 10.9. The predicted octanol–water partition coefficient (Wildman–Crippen LogP) is -0.0562. The van der Waals surface area contributed by atoms with Crippen LogP contribution in [0.5, 0.6) is 0 Å². The van der Waals surface area contributed by atoms with E-state index in [1.165, 1.54) is 11.2 Å². The average molecular weight is 339 g/mol. The first-order valence-electron chi connectivity index (χ1n) is 7.66. The van der Waals surface area contributed by atoms with Gasteiger partial charge in [0, 0.05) is 38.8 Å². The molecule has 1 unspecified atom stereocenters. The van der Waals surface area contributed by atoms with Crippen LogP contribution in [0.4, 0.5) is 5.69 Å². The van der Waals surface area contributed by atoms with Crippen LogP contribution in [0.3, 0.4) is 0 Å². The van der Waals surface area contributed by atoms with E-state index in [2.05, 4.69) is 0 Å². The molecular weight excluding hydrogens is 318 g/mol. The van der Waals surface area contributed by atoms with Crippen molar-refractivity contribution >= 4 is 21.6 Å². The molecular formula is C15H21N3O4S. The molecule has 1 saturated heterocycles. The molecule has 1 aromatic carbocycles. The van der Waals surface area contributed by atoms with Crippen LogP contribution in [-0.4, -0.2) is 57.5 Å². The van der Waals surface area contributed by atoms with Gasteiger partial charge < -0.3 is 15.4 Å². The number of sulfonamides is 1. The zero-order valence-corrected chi connectivity index (χ0v) is 13.9. The summed E-state index contributed by atoms with van der Waals surface area (Å²) in [6.45, 7) is 3.36. The largest absolute Gasteiger partial charge is 0.374 e. The summed E-state index contributed by atoms with van der Waals surface area (Å²) >= 11 is 0. The fraction of sp³-hybridized carbons (Fsp3) is 0.533. The second-order valence-electron chi connectivity index (χ2n) is 5.80. The molecule has 0 radical (unpaired) electrons. The lowest BCUT2D eigenvalue weighted by Crippen LogP contribution is -2.48. The Morgan fingerprint density at radius 3 is 2.87 bits per heavy atom. The van der Waals surface area contributed by atoms with E-state index in [4.69, 9.17) is 10.5 Å². The lowest BCUT2D eigenvalue weighted by atomic mass is 10.2. The van der Waals surface area contributed by atoms with Crippen molar-refractivity contribution in [1.82, 2.24) is 4.31 Å². The second kappa shape index (κ2) is 6.20. The van der Waals surface area contributed by atoms with Gasteiger partial charge in [0.25, 0.3) is 0 Å². The molecule has 1 atom stereocenters. The molecule has 2 N–H and O–H groups in total. The maximum Gasteiger partial charge on any atom is 0.243 e. The summed E-state index contributed by atoms with van der Waals surface area (Å²) < 4.78 is 32.5. The molecule has 1 amide bonds. The molecule has 2 aliphatic rings. The van der Waals surface area contributed by atoms with Crippen LogP contribution in [0.2, 0.25) is 0 Å². The Kier molecular flexibility index (Phi) is 4.41. The van der Waals surface area contributed by atoms with Crippen LogP contribution in [0.25, 0.3) is 0 Å². The van der Waals surface area contributed by atoms with Gasteiger partial charge in [-0.1, -0.05) is 0 Å². The highest BCUT2D eigenvalue weighted by Crippen LogP contribution is 2.31. The molecule has 8 heteroatoms. The summed E-state index contributed by atoms with van der Waals surface area (Å²) in [7, 11) is -3.57. The molecule has 0 saturated carbocycles. The molecule has 0 aromatic heterocycles. The number of amides is 1. The van der Waals surface area contributed by atoms with E-state index in [1.54, 1.807) is 23.1 Å². The quantitative estimate of drug-likeness (QED) is 0.833. The topological polar surface area (TPSA) is 92.9 Å². The number of ether oxygens (including phenoxy) is 1. The molecule has 0 spiro atoms. The van der Waals surface area contributed by atoms with Gasteiger partial charge in [0.1, 0.15) is 0 Å². The van der Waals surface area contributed by atoms with E-state index >= 15 is 0 Å². The Morgan fingerprint density at radius 1 is 1.39 bits per heavy atom. The van der Waals surface area contributed by atoms with Crippen molar-refractivity contribution in [3.05, 3.63) is 23.8 Å². The highest BCUT2D eigenvalue weighted by molar-refractivity contribution is 7.89. The number of benzene rings is 1. The van der Waals surface area contributed by atoms with Crippen molar-refractivity contribution in [3.8, 4) is 0 Å². The normalized spacial score (nSPS) is 22.2. The predicted molar refractivity (Wildman–Crippen MR) is 85.7 cm³/mol. The fourth-order valence-corrected chi connectivity index (χ4v) is 4.57. The Labute approximate surface area is 136 Å². The van der Waals surface area contributed by atoms with E-state index in [0.717, 1.165) is 11.3 Å². The van der Waals surface area contributed by atoms with Crippen molar-refractivity contribution in [2.75, 3.05) is 37.7 Å². The molecule has 23 heavy (non-hydrogen) atoms. The monoisotopic (exact) mass is 339 g/mol. The van der Waals surface area contributed by atoms with Crippen molar-refractivity contribution in [2.24, 2.45) is 5.73 Å². The van der Waals surface area contributed by atoms with Gasteiger partial charge in [-0.15, -0.1) is 0 Å². The number of morpholine rings is 1. The summed E-state index contributed by atoms with van der Waals surface area (Å²) in [4.78, 5) is 13.5. The molecule has 1 aromatic rings. The molecule has 126 valence electrons. The summed E-state index contributed by atoms with van der Waals surface area (Å²) in [5.74, 6) is -0.0293. The Balaban J connectivity index is 1.88. The smallest absolute Gasteiger partial charge is 0.243 e. The molecule has 0 aliphatic carbocycles. The Bertz CT molecular complexity index is 719. The van der Waals surface area contributed by atoms with E-state index in [1.807, 2.05) is 0 Å². The first kappa shape index (κ1) is 16.4. The number of carbonyl (C=O) groups is 1. The van der Waals surface area contributed by atoms with Crippen LogP contribution in [-0.2, 0) is 26.0 Å². The van der Waals surface area contributed by atoms with Crippen LogP contribution < -0.4 is 10.6 Å². The van der Waals surface area contributed by atoms with E-state index in [9.17, 15) is 13.2 Å². The van der Waals surface area contributed by atoms with Gasteiger partial charge in [0.2, 0.25) is 15.9 Å². The molecule has 2 aliphatic heterocycles. The molecule has 7 nitrogen and oxygen atoms in total.